The monoisotopic (exact) mass is 403 g/mol. The normalized spacial score (nSPS) is 19.6. The number of nitrogens with one attached hydrogen (secondary N) is 1. The van der Waals surface area contributed by atoms with Crippen LogP contribution in [0, 0.1) is 11.2 Å². The fourth-order valence-corrected chi connectivity index (χ4v) is 4.49. The molecule has 0 aliphatic carbocycles. The van der Waals surface area contributed by atoms with Crippen molar-refractivity contribution in [2.45, 2.75) is 58.2 Å². The Morgan fingerprint density at radius 2 is 1.89 bits per heavy atom. The molecule has 0 radical (unpaired) electrons. The second-order valence-corrected chi connectivity index (χ2v) is 7.91. The molecule has 1 saturated heterocycles. The number of hydrogen-bond donors (Lipinski definition) is 1. The zero-order valence-corrected chi connectivity index (χ0v) is 17.1. The maximum absolute atomic E-state index is 13.7. The highest BCUT2D eigenvalue weighted by molar-refractivity contribution is 6.30. The maximum atomic E-state index is 13.7. The Balaban J connectivity index is 1.73. The van der Waals surface area contributed by atoms with E-state index in [4.69, 9.17) is 16.3 Å². The van der Waals surface area contributed by atoms with Gasteiger partial charge in [0, 0.05) is 17.1 Å². The summed E-state index contributed by atoms with van der Waals surface area (Å²) in [7, 11) is 0. The van der Waals surface area contributed by atoms with Crippen LogP contribution in [0.15, 0.2) is 48.5 Å². The molecule has 1 aliphatic rings. The molecule has 0 spiro atoms. The summed E-state index contributed by atoms with van der Waals surface area (Å²) in [5.41, 5.74) is 1.20. The zero-order valence-electron chi connectivity index (χ0n) is 16.4. The molecule has 5 heteroatoms. The molecule has 0 unspecified atom stereocenters. The van der Waals surface area contributed by atoms with Crippen molar-refractivity contribution in [3.63, 3.8) is 0 Å². The van der Waals surface area contributed by atoms with Gasteiger partial charge >= 0.3 is 5.97 Å². The second-order valence-electron chi connectivity index (χ2n) is 7.48. The van der Waals surface area contributed by atoms with Gasteiger partial charge in [0.25, 0.3) is 0 Å². The molecule has 0 bridgehead atoms. The van der Waals surface area contributed by atoms with Crippen molar-refractivity contribution in [1.82, 2.24) is 5.32 Å². The average molecular weight is 404 g/mol. The van der Waals surface area contributed by atoms with E-state index < -0.39 is 5.41 Å². The topological polar surface area (TPSA) is 38.3 Å². The van der Waals surface area contributed by atoms with E-state index in [0.717, 1.165) is 24.0 Å². The third-order valence-electron chi connectivity index (χ3n) is 5.98. The molecular weight excluding hydrogens is 377 g/mol. The van der Waals surface area contributed by atoms with Crippen LogP contribution in [0.3, 0.4) is 0 Å². The minimum Gasteiger partial charge on any atom is -0.460 e. The average Bonchev–Trinajstić information content (AvgIpc) is 3.18. The van der Waals surface area contributed by atoms with Crippen LogP contribution in [0.4, 0.5) is 4.39 Å². The van der Waals surface area contributed by atoms with Crippen LogP contribution < -0.4 is 5.32 Å². The van der Waals surface area contributed by atoms with Gasteiger partial charge in [0.2, 0.25) is 0 Å². The van der Waals surface area contributed by atoms with Gasteiger partial charge in [-0.15, -0.1) is 0 Å². The lowest BCUT2D eigenvalue weighted by Gasteiger charge is -2.35. The zero-order chi connectivity index (χ0) is 20.1. The highest BCUT2D eigenvalue weighted by Gasteiger charge is 2.47. The quantitative estimate of drug-likeness (QED) is 0.592. The molecule has 3 nitrogen and oxygen atoms in total. The molecular formula is C23H27ClFNO2. The predicted molar refractivity (Wildman–Crippen MR) is 110 cm³/mol. The first-order valence-electron chi connectivity index (χ1n) is 9.91. The Kier molecular flexibility index (Phi) is 6.73. The summed E-state index contributed by atoms with van der Waals surface area (Å²) < 4.78 is 19.5. The molecule has 2 aromatic carbocycles. The molecule has 0 saturated carbocycles. The predicted octanol–water partition coefficient (Wildman–Crippen LogP) is 5.82. The van der Waals surface area contributed by atoms with E-state index in [9.17, 15) is 9.18 Å². The summed E-state index contributed by atoms with van der Waals surface area (Å²) in [4.78, 5) is 13.1. The van der Waals surface area contributed by atoms with Gasteiger partial charge in [0.1, 0.15) is 12.4 Å². The lowest BCUT2D eigenvalue weighted by Crippen LogP contribution is -2.48. The number of carbonyl (C=O) groups is 1. The van der Waals surface area contributed by atoms with E-state index in [1.54, 1.807) is 6.07 Å². The lowest BCUT2D eigenvalue weighted by atomic mass is 9.75. The molecule has 2 aromatic rings. The fraction of sp³-hybridized carbons (Fsp3) is 0.435. The summed E-state index contributed by atoms with van der Waals surface area (Å²) in [5.74, 6) is -0.510. The molecule has 28 heavy (non-hydrogen) atoms. The lowest BCUT2D eigenvalue weighted by molar-refractivity contribution is -0.160. The third-order valence-corrected chi connectivity index (χ3v) is 6.20. The smallest absolute Gasteiger partial charge is 0.313 e. The summed E-state index contributed by atoms with van der Waals surface area (Å²) in [6.45, 7) is 4.33. The van der Waals surface area contributed by atoms with Gasteiger partial charge in [-0.1, -0.05) is 55.8 Å². The number of benzene rings is 2. The Hall–Kier alpha value is -1.91. The van der Waals surface area contributed by atoms with Gasteiger partial charge in [-0.2, -0.15) is 0 Å². The van der Waals surface area contributed by atoms with Gasteiger partial charge in [-0.3, -0.25) is 4.79 Å². The standard InChI is InChI=1S/C23H27ClFNO2/c1-3-23(4-2,22(27)28-15-16-8-6-5-7-9-16)21-11-10-20(26-21)17-12-18(24)14-19(25)13-17/h5-9,12-14,20-21,26H,3-4,10-11,15H2,1-2H3/t20-,21+/m0/s1. The van der Waals surface area contributed by atoms with Crippen molar-refractivity contribution >= 4 is 17.6 Å². The Morgan fingerprint density at radius 1 is 1.18 bits per heavy atom. The Morgan fingerprint density at radius 3 is 2.54 bits per heavy atom. The van der Waals surface area contributed by atoms with Crippen molar-refractivity contribution in [1.29, 1.82) is 0 Å². The van der Waals surface area contributed by atoms with Crippen molar-refractivity contribution < 1.29 is 13.9 Å². The van der Waals surface area contributed by atoms with Crippen LogP contribution >= 0.6 is 11.6 Å². The minimum atomic E-state index is -0.597. The van der Waals surface area contributed by atoms with Gasteiger partial charge < -0.3 is 10.1 Å². The number of hydrogen-bond acceptors (Lipinski definition) is 3. The van der Waals surface area contributed by atoms with E-state index in [0.29, 0.717) is 17.9 Å². The fourth-order valence-electron chi connectivity index (χ4n) is 4.26. The summed E-state index contributed by atoms with van der Waals surface area (Å²) in [6, 6.07) is 14.3. The highest BCUT2D eigenvalue weighted by atomic mass is 35.5. The molecule has 150 valence electrons. The molecule has 1 heterocycles. The summed E-state index contributed by atoms with van der Waals surface area (Å²) in [6.07, 6.45) is 3.04. The minimum absolute atomic E-state index is 0.0159. The van der Waals surface area contributed by atoms with Gasteiger partial charge in [0.05, 0.1) is 5.41 Å². The van der Waals surface area contributed by atoms with Crippen LogP contribution in [0.2, 0.25) is 5.02 Å². The molecule has 0 amide bonds. The van der Waals surface area contributed by atoms with Crippen LogP contribution in [-0.4, -0.2) is 12.0 Å². The van der Waals surface area contributed by atoms with Crippen LogP contribution in [-0.2, 0) is 16.1 Å². The van der Waals surface area contributed by atoms with E-state index in [1.165, 1.54) is 12.1 Å². The van der Waals surface area contributed by atoms with Crippen LogP contribution in [0.25, 0.3) is 0 Å². The van der Waals surface area contributed by atoms with Gasteiger partial charge in [-0.25, -0.2) is 4.39 Å². The van der Waals surface area contributed by atoms with Crippen molar-refractivity contribution in [3.05, 3.63) is 70.5 Å². The Labute approximate surface area is 171 Å². The first-order chi connectivity index (χ1) is 13.5. The van der Waals surface area contributed by atoms with Crippen LogP contribution in [0.1, 0.15) is 56.7 Å². The second kappa shape index (κ2) is 9.06. The van der Waals surface area contributed by atoms with E-state index >= 15 is 0 Å². The number of halogens is 2. The third kappa shape index (κ3) is 4.39. The van der Waals surface area contributed by atoms with Gasteiger partial charge in [0.15, 0.2) is 0 Å². The molecule has 1 N–H and O–H groups in total. The van der Waals surface area contributed by atoms with E-state index in [2.05, 4.69) is 5.32 Å². The molecule has 1 fully saturated rings. The largest absolute Gasteiger partial charge is 0.460 e. The van der Waals surface area contributed by atoms with E-state index in [-0.39, 0.29) is 30.5 Å². The molecule has 3 rings (SSSR count). The summed E-state index contributed by atoms with van der Waals surface area (Å²) >= 11 is 6.02. The number of carbonyl (C=O) groups excluding carboxylic acids is 1. The Bertz CT molecular complexity index is 787. The van der Waals surface area contributed by atoms with Crippen molar-refractivity contribution in [2.75, 3.05) is 0 Å². The van der Waals surface area contributed by atoms with Crippen LogP contribution in [0.5, 0.6) is 0 Å². The molecule has 1 aliphatic heterocycles. The summed E-state index contributed by atoms with van der Waals surface area (Å²) in [5, 5.41) is 3.95. The van der Waals surface area contributed by atoms with Crippen molar-refractivity contribution in [3.8, 4) is 0 Å². The van der Waals surface area contributed by atoms with Crippen molar-refractivity contribution in [2.24, 2.45) is 5.41 Å². The molecule has 2 atom stereocenters. The highest BCUT2D eigenvalue weighted by Crippen LogP contribution is 2.41. The first-order valence-corrected chi connectivity index (χ1v) is 10.3. The van der Waals surface area contributed by atoms with E-state index in [1.807, 2.05) is 44.2 Å². The molecule has 0 aromatic heterocycles. The first kappa shape index (κ1) is 20.8. The SMILES string of the molecule is CCC(CC)(C(=O)OCc1ccccc1)[C@H]1CC[C@@H](c2cc(F)cc(Cl)c2)N1. The van der Waals surface area contributed by atoms with Gasteiger partial charge in [-0.05, 0) is 55.0 Å². The maximum Gasteiger partial charge on any atom is 0.313 e. The number of ether oxygens (including phenoxy) is 1. The number of rotatable bonds is 7. The number of esters is 1.